The molecule has 0 atom stereocenters. The van der Waals surface area contributed by atoms with Crippen LogP contribution in [0.15, 0.2) is 21.1 Å². The molecule has 0 N–H and O–H groups in total. The normalized spacial score (nSPS) is 10.8. The molecule has 0 radical (unpaired) electrons. The Hall–Kier alpha value is -0.700. The van der Waals surface area contributed by atoms with Gasteiger partial charge in [-0.1, -0.05) is 0 Å². The Morgan fingerprint density at radius 3 is 2.10 bits per heavy atom. The molecular formula is C12H15Br2NO5. The van der Waals surface area contributed by atoms with Crippen molar-refractivity contribution in [2.24, 2.45) is 0 Å². The molecule has 0 heterocycles. The van der Waals surface area contributed by atoms with Crippen molar-refractivity contribution in [3.63, 3.8) is 0 Å². The second-order valence-corrected chi connectivity index (χ2v) is 5.36. The molecule has 0 aliphatic rings. The maximum absolute atomic E-state index is 10.7. The molecule has 0 saturated carbocycles. The van der Waals surface area contributed by atoms with Crippen LogP contribution >= 0.6 is 31.9 Å². The third-order valence-electron chi connectivity index (χ3n) is 2.26. The maximum atomic E-state index is 10.7. The van der Waals surface area contributed by atoms with Crippen LogP contribution in [0.1, 0.15) is 13.8 Å². The fourth-order valence-corrected chi connectivity index (χ4v) is 2.85. The number of non-ortho nitro benzene ring substituents is 1. The summed E-state index contributed by atoms with van der Waals surface area (Å²) in [4.78, 5) is 10.3. The molecule has 1 aromatic carbocycles. The number of nitro groups is 1. The van der Waals surface area contributed by atoms with E-state index in [1.54, 1.807) is 0 Å². The summed E-state index contributed by atoms with van der Waals surface area (Å²) >= 11 is 6.51. The number of hydrogen-bond acceptors (Lipinski definition) is 5. The van der Waals surface area contributed by atoms with E-state index in [-0.39, 0.29) is 12.3 Å². The molecule has 0 unspecified atom stereocenters. The summed E-state index contributed by atoms with van der Waals surface area (Å²) in [6.45, 7) is 4.94. The average Bonchev–Trinajstić information content (AvgIpc) is 2.37. The van der Waals surface area contributed by atoms with Crippen molar-refractivity contribution >= 4 is 37.5 Å². The summed E-state index contributed by atoms with van der Waals surface area (Å²) < 4.78 is 17.3. The molecule has 112 valence electrons. The van der Waals surface area contributed by atoms with Crippen molar-refractivity contribution < 1.29 is 19.1 Å². The van der Waals surface area contributed by atoms with Crippen LogP contribution in [0, 0.1) is 10.1 Å². The van der Waals surface area contributed by atoms with E-state index >= 15 is 0 Å². The number of benzene rings is 1. The van der Waals surface area contributed by atoms with Crippen LogP contribution in [-0.4, -0.2) is 31.0 Å². The molecule has 0 saturated heterocycles. The molecule has 8 heteroatoms. The van der Waals surface area contributed by atoms with E-state index in [4.69, 9.17) is 14.2 Å². The summed E-state index contributed by atoms with van der Waals surface area (Å²) in [5, 5.41) is 10.7. The molecule has 0 aromatic heterocycles. The summed E-state index contributed by atoms with van der Waals surface area (Å²) in [7, 11) is 0. The lowest BCUT2D eigenvalue weighted by Crippen LogP contribution is -2.25. The van der Waals surface area contributed by atoms with Gasteiger partial charge in [0.1, 0.15) is 12.4 Å². The third-order valence-corrected chi connectivity index (χ3v) is 3.44. The summed E-state index contributed by atoms with van der Waals surface area (Å²) in [5.41, 5.74) is -0.0257. The van der Waals surface area contributed by atoms with Gasteiger partial charge in [0.05, 0.1) is 13.9 Å². The molecule has 1 rings (SSSR count). The highest BCUT2D eigenvalue weighted by atomic mass is 79.9. The van der Waals surface area contributed by atoms with E-state index in [0.29, 0.717) is 27.9 Å². The van der Waals surface area contributed by atoms with Crippen molar-refractivity contribution in [3.05, 3.63) is 31.2 Å². The van der Waals surface area contributed by atoms with Gasteiger partial charge in [-0.3, -0.25) is 10.1 Å². The van der Waals surface area contributed by atoms with Gasteiger partial charge in [-0.05, 0) is 45.7 Å². The zero-order valence-corrected chi connectivity index (χ0v) is 14.3. The van der Waals surface area contributed by atoms with Gasteiger partial charge in [0, 0.05) is 25.3 Å². The smallest absolute Gasteiger partial charge is 0.271 e. The Balaban J connectivity index is 2.79. The Morgan fingerprint density at radius 1 is 1.20 bits per heavy atom. The lowest BCUT2D eigenvalue weighted by molar-refractivity contribution is -0.385. The van der Waals surface area contributed by atoms with E-state index in [1.165, 1.54) is 12.1 Å². The van der Waals surface area contributed by atoms with Crippen molar-refractivity contribution in [3.8, 4) is 5.75 Å². The molecule has 0 amide bonds. The summed E-state index contributed by atoms with van der Waals surface area (Å²) in [6, 6.07) is 2.77. The fourth-order valence-electron chi connectivity index (χ4n) is 1.46. The second kappa shape index (κ2) is 8.56. The Morgan fingerprint density at radius 2 is 1.70 bits per heavy atom. The van der Waals surface area contributed by atoms with Gasteiger partial charge in [-0.25, -0.2) is 0 Å². The van der Waals surface area contributed by atoms with Crippen LogP contribution in [0.3, 0.4) is 0 Å². The number of nitro benzene ring substituents is 1. The average molecular weight is 413 g/mol. The topological polar surface area (TPSA) is 70.8 Å². The first kappa shape index (κ1) is 17.4. The van der Waals surface area contributed by atoms with E-state index < -0.39 is 11.2 Å². The fraction of sp³-hybridized carbons (Fsp3) is 0.500. The van der Waals surface area contributed by atoms with Crippen LogP contribution in [0.5, 0.6) is 5.75 Å². The summed E-state index contributed by atoms with van der Waals surface area (Å²) in [5.74, 6) is 0.472. The van der Waals surface area contributed by atoms with Gasteiger partial charge in [0.15, 0.2) is 6.29 Å². The van der Waals surface area contributed by atoms with Crippen LogP contribution < -0.4 is 4.74 Å². The monoisotopic (exact) mass is 411 g/mol. The molecule has 20 heavy (non-hydrogen) atoms. The molecule has 0 bridgehead atoms. The molecule has 0 spiro atoms. The zero-order chi connectivity index (χ0) is 15.1. The number of rotatable bonds is 8. The maximum Gasteiger partial charge on any atom is 0.271 e. The minimum absolute atomic E-state index is 0.0257. The SMILES string of the molecule is CCOC(COc1c(Br)cc([N+](=O)[O-])cc1Br)OCC. The van der Waals surface area contributed by atoms with Crippen molar-refractivity contribution in [2.45, 2.75) is 20.1 Å². The second-order valence-electron chi connectivity index (χ2n) is 3.65. The van der Waals surface area contributed by atoms with Crippen LogP contribution in [0.2, 0.25) is 0 Å². The predicted molar refractivity (Wildman–Crippen MR) is 81.0 cm³/mol. The quantitative estimate of drug-likeness (QED) is 0.368. The van der Waals surface area contributed by atoms with Crippen LogP contribution in [-0.2, 0) is 9.47 Å². The van der Waals surface area contributed by atoms with Gasteiger partial charge >= 0.3 is 0 Å². The van der Waals surface area contributed by atoms with Crippen LogP contribution in [0.25, 0.3) is 0 Å². The van der Waals surface area contributed by atoms with Crippen molar-refractivity contribution in [2.75, 3.05) is 19.8 Å². The molecule has 0 aliphatic heterocycles. The number of hydrogen-bond donors (Lipinski definition) is 0. The van der Waals surface area contributed by atoms with E-state index in [9.17, 15) is 10.1 Å². The number of halogens is 2. The Kier molecular flexibility index (Phi) is 7.42. The lowest BCUT2D eigenvalue weighted by atomic mass is 10.3. The molecule has 0 aliphatic carbocycles. The summed E-state index contributed by atoms with van der Waals surface area (Å²) in [6.07, 6.45) is -0.473. The number of nitrogens with zero attached hydrogens (tertiary/aromatic N) is 1. The van der Waals surface area contributed by atoms with Crippen LogP contribution in [0.4, 0.5) is 5.69 Å². The standard InChI is InChI=1S/C12H15Br2NO5/c1-3-18-11(19-4-2)7-20-12-9(13)5-8(15(16)17)6-10(12)14/h5-6,11H,3-4,7H2,1-2H3. The highest BCUT2D eigenvalue weighted by molar-refractivity contribution is 9.11. The first-order valence-corrected chi connectivity index (χ1v) is 7.57. The third kappa shape index (κ3) is 5.01. The van der Waals surface area contributed by atoms with E-state index in [1.807, 2.05) is 13.8 Å². The highest BCUT2D eigenvalue weighted by Gasteiger charge is 2.17. The minimum Gasteiger partial charge on any atom is -0.486 e. The Bertz CT molecular complexity index is 440. The van der Waals surface area contributed by atoms with Gasteiger partial charge < -0.3 is 14.2 Å². The van der Waals surface area contributed by atoms with Gasteiger partial charge in [0.25, 0.3) is 5.69 Å². The van der Waals surface area contributed by atoms with Gasteiger partial charge in [-0.15, -0.1) is 0 Å². The minimum atomic E-state index is -0.473. The first-order valence-electron chi connectivity index (χ1n) is 5.99. The molecular weight excluding hydrogens is 398 g/mol. The van der Waals surface area contributed by atoms with Crippen molar-refractivity contribution in [1.29, 1.82) is 0 Å². The predicted octanol–water partition coefficient (Wildman–Crippen LogP) is 3.90. The molecule has 1 aromatic rings. The molecule has 0 fully saturated rings. The zero-order valence-electron chi connectivity index (χ0n) is 11.1. The first-order chi connectivity index (χ1) is 9.49. The van der Waals surface area contributed by atoms with Gasteiger partial charge in [0.2, 0.25) is 0 Å². The number of ether oxygens (including phenoxy) is 3. The van der Waals surface area contributed by atoms with Crippen molar-refractivity contribution in [1.82, 2.24) is 0 Å². The van der Waals surface area contributed by atoms with E-state index in [2.05, 4.69) is 31.9 Å². The van der Waals surface area contributed by atoms with E-state index in [0.717, 1.165) is 0 Å². The lowest BCUT2D eigenvalue weighted by Gasteiger charge is -2.18. The largest absolute Gasteiger partial charge is 0.486 e. The Labute approximate surface area is 133 Å². The van der Waals surface area contributed by atoms with Gasteiger partial charge in [-0.2, -0.15) is 0 Å². The highest BCUT2D eigenvalue weighted by Crippen LogP contribution is 2.37. The molecule has 6 nitrogen and oxygen atoms in total.